The molecule has 0 fully saturated rings. The molecular formula is C61H68HfN8-4. The van der Waals surface area contributed by atoms with Crippen LogP contribution in [0.2, 0.25) is 0 Å². The van der Waals surface area contributed by atoms with Crippen LogP contribution in [-0.2, 0) is 25.8 Å². The standard InChI is InChI=1S/C47H54N8.2C7H7.Hf/c1-26-18-30(5)38(31(6)19-26)42-50-43(39-32(7)20-27(2)21-33(39)8)53-46(52-42)48-16-14-13-15-17-49-47-54-44(40-34(9)22-28(3)23-35(40)10)51-45(55-47)41-36(11)24-29(4)25-37(41)12;2*1-7-5-3-2-4-6-7;/h18-25H,13-17H2,1-12H3;2*2-6H,1H2;/q-2;2*-1;. The molecule has 0 amide bonds. The second kappa shape index (κ2) is 25.4. The zero-order valence-corrected chi connectivity index (χ0v) is 47.0. The molecule has 0 aliphatic rings. The van der Waals surface area contributed by atoms with Gasteiger partial charge in [0.1, 0.15) is 0 Å². The van der Waals surface area contributed by atoms with Gasteiger partial charge >= 0.3 is 0 Å². The summed E-state index contributed by atoms with van der Waals surface area (Å²) < 4.78 is 0. The van der Waals surface area contributed by atoms with Gasteiger partial charge in [-0.05, 0) is 154 Å². The van der Waals surface area contributed by atoms with Gasteiger partial charge in [0.25, 0.3) is 0 Å². The maximum absolute atomic E-state index is 5.04. The summed E-state index contributed by atoms with van der Waals surface area (Å²) in [6.07, 6.45) is 2.71. The first-order chi connectivity index (χ1) is 33.0. The average Bonchev–Trinajstić information content (AvgIpc) is 3.26. The molecule has 8 nitrogen and oxygen atoms in total. The molecule has 2 aromatic heterocycles. The van der Waals surface area contributed by atoms with Crippen molar-refractivity contribution in [2.24, 2.45) is 0 Å². The van der Waals surface area contributed by atoms with E-state index in [4.69, 9.17) is 40.5 Å². The van der Waals surface area contributed by atoms with Crippen LogP contribution in [0, 0.1) is 96.9 Å². The monoisotopic (exact) mass is 1090 g/mol. The molecule has 0 atom stereocenters. The molecule has 0 aliphatic carbocycles. The molecule has 0 saturated carbocycles. The molecule has 9 heteroatoms. The molecule has 0 aliphatic heterocycles. The van der Waals surface area contributed by atoms with Crippen molar-refractivity contribution in [3.63, 3.8) is 0 Å². The van der Waals surface area contributed by atoms with Crippen molar-refractivity contribution < 1.29 is 25.8 Å². The Morgan fingerprint density at radius 2 is 0.557 bits per heavy atom. The fourth-order valence-electron chi connectivity index (χ4n) is 9.16. The number of unbranched alkanes of at least 4 members (excludes halogenated alkanes) is 2. The summed E-state index contributed by atoms with van der Waals surface area (Å²) in [4.78, 5) is 29.7. The van der Waals surface area contributed by atoms with Crippen LogP contribution in [0.5, 0.6) is 0 Å². The maximum Gasteiger partial charge on any atom is 0.0927 e. The predicted molar refractivity (Wildman–Crippen MR) is 290 cm³/mol. The van der Waals surface area contributed by atoms with Gasteiger partial charge in [0.2, 0.25) is 0 Å². The Bertz CT molecular complexity index is 2570. The number of hydrogen-bond acceptors (Lipinski definition) is 6. The van der Waals surface area contributed by atoms with Gasteiger partial charge in [-0.3, -0.25) is 0 Å². The molecule has 0 unspecified atom stereocenters. The van der Waals surface area contributed by atoms with Crippen molar-refractivity contribution in [2.45, 2.75) is 102 Å². The zero-order chi connectivity index (χ0) is 49.8. The smallest absolute Gasteiger partial charge is 0.0927 e. The second-order valence-corrected chi connectivity index (χ2v) is 18.5. The molecular weight excluding hydrogens is 1020 g/mol. The minimum absolute atomic E-state index is 0. The van der Waals surface area contributed by atoms with E-state index in [2.05, 4.69) is 145 Å². The molecule has 6 aromatic carbocycles. The van der Waals surface area contributed by atoms with Gasteiger partial charge in [-0.1, -0.05) is 89.3 Å². The molecule has 0 saturated heterocycles. The molecule has 0 spiro atoms. The van der Waals surface area contributed by atoms with Crippen LogP contribution in [-0.4, -0.2) is 43.0 Å². The number of rotatable bonds is 12. The van der Waals surface area contributed by atoms with E-state index in [-0.39, 0.29) is 25.8 Å². The third-order valence-corrected chi connectivity index (χ3v) is 11.9. The van der Waals surface area contributed by atoms with E-state index >= 15 is 0 Å². The van der Waals surface area contributed by atoms with E-state index in [1.54, 1.807) is 0 Å². The molecule has 0 N–H and O–H groups in total. The summed E-state index contributed by atoms with van der Waals surface area (Å²) in [5.41, 5.74) is 20.4. The normalized spacial score (nSPS) is 10.6. The predicted octanol–water partition coefficient (Wildman–Crippen LogP) is 16.0. The third kappa shape index (κ3) is 14.8. The van der Waals surface area contributed by atoms with Crippen LogP contribution in [0.25, 0.3) is 56.2 Å². The number of benzene rings is 6. The maximum atomic E-state index is 5.04. The van der Waals surface area contributed by atoms with E-state index in [9.17, 15) is 0 Å². The van der Waals surface area contributed by atoms with Gasteiger partial charge in [-0.25, -0.2) is 9.97 Å². The van der Waals surface area contributed by atoms with Crippen molar-refractivity contribution in [1.82, 2.24) is 29.9 Å². The first kappa shape index (κ1) is 54.5. The fourth-order valence-corrected chi connectivity index (χ4v) is 9.16. The molecule has 0 bridgehead atoms. The second-order valence-electron chi connectivity index (χ2n) is 18.5. The first-order valence-electron chi connectivity index (χ1n) is 23.9. The Morgan fingerprint density at radius 1 is 0.329 bits per heavy atom. The quantitative estimate of drug-likeness (QED) is 0.0685. The summed E-state index contributed by atoms with van der Waals surface area (Å²) >= 11 is 0. The van der Waals surface area contributed by atoms with Crippen molar-refractivity contribution >= 4 is 11.9 Å². The largest absolute Gasteiger partial charge is 0.393 e. The van der Waals surface area contributed by atoms with E-state index in [1.807, 2.05) is 60.7 Å². The number of nitrogens with zero attached hydrogens (tertiary/aromatic N) is 8. The van der Waals surface area contributed by atoms with Crippen LogP contribution >= 0.6 is 0 Å². The van der Waals surface area contributed by atoms with E-state index in [0.717, 1.165) is 97.2 Å². The SMILES string of the molecule is Cc1cc(C)c(-c2nc([N-]CCCCC[N-]c3nc(-c4c(C)cc(C)cc4C)nc(-c4c(C)cc(C)cc4C)n3)nc(-c3c(C)cc(C)cc3C)n2)c(C)c1.[CH2-]c1ccccc1.[CH2-]c1ccccc1.[Hf]. The summed E-state index contributed by atoms with van der Waals surface area (Å²) in [5.74, 6) is 3.61. The van der Waals surface area contributed by atoms with Gasteiger partial charge < -0.3 is 30.6 Å². The Labute approximate surface area is 437 Å². The number of hydrogen-bond donors (Lipinski definition) is 0. The van der Waals surface area contributed by atoms with Crippen molar-refractivity contribution in [2.75, 3.05) is 13.1 Å². The molecule has 70 heavy (non-hydrogen) atoms. The van der Waals surface area contributed by atoms with Gasteiger partial charge in [0, 0.05) is 60.0 Å². The minimum Gasteiger partial charge on any atom is -0.393 e. The molecule has 0 radical (unpaired) electrons. The molecule has 8 rings (SSSR count). The van der Waals surface area contributed by atoms with Crippen LogP contribution in [0.4, 0.5) is 11.9 Å². The van der Waals surface area contributed by atoms with E-state index < -0.39 is 0 Å². The van der Waals surface area contributed by atoms with E-state index in [1.165, 1.54) is 22.3 Å². The molecule has 2 heterocycles. The third-order valence-electron chi connectivity index (χ3n) is 11.9. The van der Waals surface area contributed by atoms with Crippen LogP contribution in [0.3, 0.4) is 0 Å². The van der Waals surface area contributed by atoms with Crippen LogP contribution in [0.15, 0.2) is 109 Å². The Balaban J connectivity index is 0.000000521. The van der Waals surface area contributed by atoms with Crippen LogP contribution < -0.4 is 0 Å². The Hall–Kier alpha value is -6.45. The van der Waals surface area contributed by atoms with Crippen LogP contribution in [0.1, 0.15) is 97.2 Å². The zero-order valence-electron chi connectivity index (χ0n) is 43.4. The molecule has 360 valence electrons. The van der Waals surface area contributed by atoms with E-state index in [0.29, 0.717) is 48.3 Å². The van der Waals surface area contributed by atoms with Gasteiger partial charge in [0.05, 0.1) is 23.3 Å². The first-order valence-corrected chi connectivity index (χ1v) is 23.9. The van der Waals surface area contributed by atoms with Gasteiger partial charge in [-0.2, -0.15) is 49.2 Å². The Kier molecular flexibility index (Phi) is 19.8. The van der Waals surface area contributed by atoms with Crippen molar-refractivity contribution in [3.05, 3.63) is 212 Å². The van der Waals surface area contributed by atoms with Crippen molar-refractivity contribution in [1.29, 1.82) is 0 Å². The summed E-state index contributed by atoms with van der Waals surface area (Å²) in [7, 11) is 0. The fraction of sp³-hybridized carbons (Fsp3) is 0.279. The minimum atomic E-state index is 0. The Morgan fingerprint density at radius 3 is 0.757 bits per heavy atom. The van der Waals surface area contributed by atoms with Gasteiger partial charge in [-0.15, -0.1) is 24.3 Å². The molecule has 8 aromatic rings. The summed E-state index contributed by atoms with van der Waals surface area (Å²) in [6.45, 7) is 34.1. The summed E-state index contributed by atoms with van der Waals surface area (Å²) in [5, 5.41) is 9.80. The average molecular weight is 1090 g/mol. The number of aryl methyl sites for hydroxylation is 12. The summed E-state index contributed by atoms with van der Waals surface area (Å²) in [6, 6.07) is 37.2. The van der Waals surface area contributed by atoms with Crippen molar-refractivity contribution in [3.8, 4) is 45.6 Å². The van der Waals surface area contributed by atoms with Gasteiger partial charge in [0.15, 0.2) is 0 Å². The number of aromatic nitrogens is 6. The topological polar surface area (TPSA) is 106 Å².